The van der Waals surface area contributed by atoms with E-state index in [0.717, 1.165) is 5.56 Å². The minimum Gasteiger partial charge on any atom is -0.389 e. The van der Waals surface area contributed by atoms with Gasteiger partial charge in [-0.05, 0) is 12.1 Å². The number of nitrogens with one attached hydrogen (secondary N) is 1. The molecule has 8 N–H and O–H groups in total. The third-order valence-corrected chi connectivity index (χ3v) is 2.43. The van der Waals surface area contributed by atoms with Crippen molar-refractivity contribution in [3.63, 3.8) is 0 Å². The average Bonchev–Trinajstić information content (AvgIpc) is 2.97. The Kier molecular flexibility index (Phi) is 7.30. The van der Waals surface area contributed by atoms with Crippen molar-refractivity contribution in [2.75, 3.05) is 5.73 Å². The van der Waals surface area contributed by atoms with Crippen molar-refractivity contribution < 1.29 is 19.2 Å². The Morgan fingerprint density at radius 2 is 1.92 bits per heavy atom. The molecule has 3 aromatic rings. The normalized spacial score (nSPS) is 10.1. The van der Waals surface area contributed by atoms with E-state index in [2.05, 4.69) is 24.9 Å². The maximum Gasteiger partial charge on any atom is 0.466 e. The lowest BCUT2D eigenvalue weighted by Gasteiger charge is -1.92. The number of imidazole rings is 1. The largest absolute Gasteiger partial charge is 0.466 e. The van der Waals surface area contributed by atoms with Crippen molar-refractivity contribution in [3.8, 4) is 0 Å². The number of nitrogen functional groups attached to an aromatic ring is 1. The molecule has 0 aliphatic heterocycles. The van der Waals surface area contributed by atoms with Gasteiger partial charge in [0.25, 0.3) is 0 Å². The van der Waals surface area contributed by atoms with Gasteiger partial charge in [-0.15, -0.1) is 0 Å². The first-order valence-electron chi connectivity index (χ1n) is 6.06. The number of rotatable bonds is 1. The zero-order valence-corrected chi connectivity index (χ0v) is 13.7. The number of nitrogens with two attached hydrogens (primary N) is 2. The van der Waals surface area contributed by atoms with Crippen LogP contribution in [-0.4, -0.2) is 44.6 Å². The number of hydrogen-bond donors (Lipinski definition) is 6. The van der Waals surface area contributed by atoms with Crippen LogP contribution in [-0.2, 0) is 4.57 Å². The molecule has 0 spiro atoms. The minimum absolute atomic E-state index is 0.392. The number of aromatic nitrogens is 5. The summed E-state index contributed by atoms with van der Waals surface area (Å²) in [4.78, 5) is 40.2. The summed E-state index contributed by atoms with van der Waals surface area (Å²) in [5.41, 5.74) is 12.9. The Hall–Kier alpha value is -2.50. The van der Waals surface area contributed by atoms with E-state index in [1.807, 2.05) is 6.07 Å². The SMILES string of the molecule is NC(=S)c1cccnc1.Nc1ncnc2nc[nH]c12.O=P(O)(O)O. The predicted octanol–water partition coefficient (Wildman–Crippen LogP) is -0.278. The molecule has 0 aliphatic rings. The second-order valence-electron chi connectivity index (χ2n) is 3.98. The van der Waals surface area contributed by atoms with Gasteiger partial charge in [0.1, 0.15) is 16.8 Å². The fourth-order valence-electron chi connectivity index (χ4n) is 1.29. The van der Waals surface area contributed by atoms with Crippen LogP contribution in [0.5, 0.6) is 0 Å². The van der Waals surface area contributed by atoms with Gasteiger partial charge in [0.15, 0.2) is 11.5 Å². The van der Waals surface area contributed by atoms with Crippen molar-refractivity contribution in [3.05, 3.63) is 42.7 Å². The fourth-order valence-corrected chi connectivity index (χ4v) is 1.41. The summed E-state index contributed by atoms with van der Waals surface area (Å²) in [5, 5.41) is 0. The number of aromatic amines is 1. The summed E-state index contributed by atoms with van der Waals surface area (Å²) in [6.45, 7) is 0. The van der Waals surface area contributed by atoms with Gasteiger partial charge in [0, 0.05) is 18.0 Å². The molecule has 3 rings (SSSR count). The molecule has 0 aromatic carbocycles. The Bertz CT molecular complexity index is 830. The van der Waals surface area contributed by atoms with E-state index >= 15 is 0 Å². The quantitative estimate of drug-likeness (QED) is 0.243. The summed E-state index contributed by atoms with van der Waals surface area (Å²) in [5.74, 6) is 0.433. The Morgan fingerprint density at radius 1 is 1.25 bits per heavy atom. The number of anilines is 1. The molecule has 128 valence electrons. The number of pyridine rings is 1. The fraction of sp³-hybridized carbons (Fsp3) is 0. The zero-order valence-electron chi connectivity index (χ0n) is 12.0. The Morgan fingerprint density at radius 3 is 2.38 bits per heavy atom. The topological polar surface area (TPSA) is 197 Å². The van der Waals surface area contributed by atoms with Gasteiger partial charge in [-0.2, -0.15) is 0 Å². The highest BCUT2D eigenvalue weighted by Crippen LogP contribution is 2.25. The molecule has 11 nitrogen and oxygen atoms in total. The second kappa shape index (κ2) is 8.96. The number of fused-ring (bicyclic) bond motifs is 1. The molecule has 0 unspecified atom stereocenters. The minimum atomic E-state index is -4.64. The molecular formula is C11H14N7O4PS. The Labute approximate surface area is 141 Å². The molecule has 0 radical (unpaired) electrons. The molecular weight excluding hydrogens is 357 g/mol. The third kappa shape index (κ3) is 7.67. The van der Waals surface area contributed by atoms with Crippen molar-refractivity contribution in [1.29, 1.82) is 0 Å². The first-order valence-corrected chi connectivity index (χ1v) is 8.03. The summed E-state index contributed by atoms with van der Waals surface area (Å²) < 4.78 is 8.88. The molecule has 0 saturated heterocycles. The maximum absolute atomic E-state index is 8.88. The van der Waals surface area contributed by atoms with Gasteiger partial charge in [-0.3, -0.25) is 4.98 Å². The summed E-state index contributed by atoms with van der Waals surface area (Å²) >= 11 is 4.70. The lowest BCUT2D eigenvalue weighted by atomic mass is 10.3. The molecule has 0 amide bonds. The molecule has 0 saturated carbocycles. The van der Waals surface area contributed by atoms with E-state index in [4.69, 9.17) is 42.9 Å². The standard InChI is InChI=1S/C6H6N2S.C5H5N5.H3O4P/c7-6(9)5-2-1-3-8-4-5;6-4-3-5(9-1-7-3)10-2-8-4;1-5(2,3)4/h1-4H,(H2,7,9);1-2H,(H3,6,7,8,9,10);(H3,1,2,3,4). The van der Waals surface area contributed by atoms with Crippen LogP contribution >= 0.6 is 20.0 Å². The smallest absolute Gasteiger partial charge is 0.389 e. The maximum atomic E-state index is 8.88. The number of nitrogens with zero attached hydrogens (tertiary/aromatic N) is 4. The van der Waals surface area contributed by atoms with E-state index in [-0.39, 0.29) is 0 Å². The van der Waals surface area contributed by atoms with Gasteiger partial charge >= 0.3 is 7.82 Å². The van der Waals surface area contributed by atoms with E-state index in [1.165, 1.54) is 12.7 Å². The van der Waals surface area contributed by atoms with Crippen LogP contribution in [0.2, 0.25) is 0 Å². The van der Waals surface area contributed by atoms with Crippen LogP contribution in [0.25, 0.3) is 11.2 Å². The molecule has 0 bridgehead atoms. The van der Waals surface area contributed by atoms with Crippen LogP contribution in [0.3, 0.4) is 0 Å². The third-order valence-electron chi connectivity index (χ3n) is 2.20. The van der Waals surface area contributed by atoms with Crippen molar-refractivity contribution in [2.45, 2.75) is 0 Å². The number of phosphoric acid groups is 1. The van der Waals surface area contributed by atoms with Crippen molar-refractivity contribution in [2.24, 2.45) is 5.73 Å². The van der Waals surface area contributed by atoms with Crippen LogP contribution < -0.4 is 11.5 Å². The predicted molar refractivity (Wildman–Crippen MR) is 90.5 cm³/mol. The molecule has 24 heavy (non-hydrogen) atoms. The van der Waals surface area contributed by atoms with Gasteiger partial charge in [0.2, 0.25) is 0 Å². The number of H-pyrrole nitrogens is 1. The lowest BCUT2D eigenvalue weighted by Crippen LogP contribution is -2.08. The van der Waals surface area contributed by atoms with Gasteiger partial charge in [-0.25, -0.2) is 19.5 Å². The van der Waals surface area contributed by atoms with E-state index in [0.29, 0.717) is 22.0 Å². The first kappa shape index (κ1) is 19.5. The van der Waals surface area contributed by atoms with Crippen LogP contribution in [0.1, 0.15) is 5.56 Å². The van der Waals surface area contributed by atoms with Crippen LogP contribution in [0.4, 0.5) is 5.82 Å². The van der Waals surface area contributed by atoms with E-state index in [1.54, 1.807) is 18.5 Å². The lowest BCUT2D eigenvalue weighted by molar-refractivity contribution is 0.275. The van der Waals surface area contributed by atoms with Crippen molar-refractivity contribution in [1.82, 2.24) is 24.9 Å². The highest BCUT2D eigenvalue weighted by Gasteiger charge is 2.00. The average molecular weight is 371 g/mol. The zero-order chi connectivity index (χ0) is 18.2. The van der Waals surface area contributed by atoms with Gasteiger partial charge < -0.3 is 31.1 Å². The van der Waals surface area contributed by atoms with E-state index in [9.17, 15) is 0 Å². The highest BCUT2D eigenvalue weighted by atomic mass is 32.1. The van der Waals surface area contributed by atoms with Gasteiger partial charge in [0.05, 0.1) is 6.33 Å². The monoisotopic (exact) mass is 371 g/mol. The van der Waals surface area contributed by atoms with E-state index < -0.39 is 7.82 Å². The summed E-state index contributed by atoms with van der Waals surface area (Å²) in [6, 6.07) is 3.63. The molecule has 0 atom stereocenters. The molecule has 0 aliphatic carbocycles. The molecule has 3 heterocycles. The highest BCUT2D eigenvalue weighted by molar-refractivity contribution is 7.80. The molecule has 0 fully saturated rings. The number of thiocarbonyl (C=S) groups is 1. The van der Waals surface area contributed by atoms with Crippen molar-refractivity contribution >= 4 is 42.0 Å². The summed E-state index contributed by atoms with van der Waals surface area (Å²) in [6.07, 6.45) is 6.25. The van der Waals surface area contributed by atoms with Crippen LogP contribution in [0, 0.1) is 0 Å². The Balaban J connectivity index is 0.000000192. The van der Waals surface area contributed by atoms with Crippen LogP contribution in [0.15, 0.2) is 37.2 Å². The molecule has 3 aromatic heterocycles. The first-order chi connectivity index (χ1) is 11.2. The second-order valence-corrected chi connectivity index (χ2v) is 5.45. The number of hydrogen-bond acceptors (Lipinski definition) is 7. The summed E-state index contributed by atoms with van der Waals surface area (Å²) in [7, 11) is -4.64. The van der Waals surface area contributed by atoms with Gasteiger partial charge in [-0.1, -0.05) is 12.2 Å². The molecule has 13 heteroatoms.